The highest BCUT2D eigenvalue weighted by Crippen LogP contribution is 2.34. The minimum absolute atomic E-state index is 0.271. The molecular formula is C26H28Cl2N2O3. The number of fused-ring (bicyclic) bond motifs is 1. The quantitative estimate of drug-likeness (QED) is 0.370. The molecule has 3 aromatic rings. The van der Waals surface area contributed by atoms with Gasteiger partial charge >= 0.3 is 5.97 Å². The molecule has 0 unspecified atom stereocenters. The van der Waals surface area contributed by atoms with Gasteiger partial charge in [0.1, 0.15) is 5.60 Å². The monoisotopic (exact) mass is 486 g/mol. The number of carbonyl (C=O) groups excluding carboxylic acids is 1. The number of carbonyl (C=O) groups is 1. The first-order valence-corrected chi connectivity index (χ1v) is 11.8. The Morgan fingerprint density at radius 2 is 1.91 bits per heavy atom. The lowest BCUT2D eigenvalue weighted by atomic mass is 10.1. The summed E-state index contributed by atoms with van der Waals surface area (Å²) in [6, 6.07) is 15.5. The van der Waals surface area contributed by atoms with Crippen LogP contribution in [0, 0.1) is 5.92 Å². The van der Waals surface area contributed by atoms with Gasteiger partial charge in [-0.1, -0.05) is 53.5 Å². The number of anilines is 1. The maximum Gasteiger partial charge on any atom is 0.359 e. The van der Waals surface area contributed by atoms with Crippen molar-refractivity contribution in [2.24, 2.45) is 5.92 Å². The smallest absolute Gasteiger partial charge is 0.359 e. The molecule has 0 saturated carbocycles. The van der Waals surface area contributed by atoms with E-state index in [1.54, 1.807) is 6.07 Å². The molecule has 1 aliphatic heterocycles. The van der Waals surface area contributed by atoms with Crippen LogP contribution in [0.3, 0.4) is 0 Å². The topological polar surface area (TPSA) is 51.7 Å². The fourth-order valence-electron chi connectivity index (χ4n) is 4.02. The second kappa shape index (κ2) is 9.88. The van der Waals surface area contributed by atoms with Crippen LogP contribution < -0.4 is 4.90 Å². The first kappa shape index (κ1) is 23.8. The van der Waals surface area contributed by atoms with Crippen molar-refractivity contribution in [1.29, 1.82) is 0 Å². The Kier molecular flexibility index (Phi) is 7.13. The Bertz CT molecular complexity index is 1150. The van der Waals surface area contributed by atoms with Gasteiger partial charge in [-0.2, -0.15) is 0 Å². The zero-order valence-corrected chi connectivity index (χ0v) is 20.6. The lowest BCUT2D eigenvalue weighted by Gasteiger charge is -2.24. The number of hydrogen-bond acceptors (Lipinski definition) is 5. The molecule has 1 fully saturated rings. The van der Waals surface area contributed by atoms with E-state index in [0.717, 1.165) is 36.1 Å². The minimum atomic E-state index is -0.631. The van der Waals surface area contributed by atoms with Crippen LogP contribution in [-0.2, 0) is 16.1 Å². The Labute approximate surface area is 204 Å². The molecule has 1 saturated heterocycles. The SMILES string of the molecule is CC(C)(C)OC(=O)c1nc2c(Cl)cc(Cl)cc2cc1N1CC[C@H](COCc2ccccc2)C1. The van der Waals surface area contributed by atoms with Gasteiger partial charge in [0.2, 0.25) is 0 Å². The third-order valence-electron chi connectivity index (χ3n) is 5.50. The molecule has 1 aliphatic rings. The Balaban J connectivity index is 1.56. The van der Waals surface area contributed by atoms with Crippen LogP contribution in [0.15, 0.2) is 48.5 Å². The average molecular weight is 487 g/mol. The highest BCUT2D eigenvalue weighted by atomic mass is 35.5. The Hall–Kier alpha value is -2.34. The van der Waals surface area contributed by atoms with Crippen molar-refractivity contribution in [2.45, 2.75) is 39.4 Å². The normalized spacial score (nSPS) is 16.4. The molecule has 0 N–H and O–H groups in total. The van der Waals surface area contributed by atoms with Crippen molar-refractivity contribution in [2.75, 3.05) is 24.6 Å². The maximum atomic E-state index is 13.1. The molecule has 2 aromatic carbocycles. The number of benzene rings is 2. The van der Waals surface area contributed by atoms with E-state index in [-0.39, 0.29) is 5.69 Å². The summed E-state index contributed by atoms with van der Waals surface area (Å²) >= 11 is 12.6. The number of pyridine rings is 1. The van der Waals surface area contributed by atoms with Gasteiger partial charge in [0.25, 0.3) is 0 Å². The van der Waals surface area contributed by atoms with E-state index < -0.39 is 11.6 Å². The van der Waals surface area contributed by atoms with Crippen molar-refractivity contribution < 1.29 is 14.3 Å². The zero-order valence-electron chi connectivity index (χ0n) is 19.1. The zero-order chi connectivity index (χ0) is 23.6. The Morgan fingerprint density at radius 3 is 2.64 bits per heavy atom. The fourth-order valence-corrected chi connectivity index (χ4v) is 4.57. The van der Waals surface area contributed by atoms with Crippen LogP contribution in [0.5, 0.6) is 0 Å². The van der Waals surface area contributed by atoms with Gasteiger partial charge in [-0.3, -0.25) is 0 Å². The first-order chi connectivity index (χ1) is 15.7. The summed E-state index contributed by atoms with van der Waals surface area (Å²) in [5, 5.41) is 1.72. The number of aromatic nitrogens is 1. The lowest BCUT2D eigenvalue weighted by Crippen LogP contribution is -2.28. The second-order valence-electron chi connectivity index (χ2n) is 9.42. The van der Waals surface area contributed by atoms with E-state index in [4.69, 9.17) is 32.7 Å². The van der Waals surface area contributed by atoms with Crippen molar-refractivity contribution in [3.63, 3.8) is 0 Å². The summed E-state index contributed by atoms with van der Waals surface area (Å²) in [4.78, 5) is 19.9. The van der Waals surface area contributed by atoms with E-state index in [2.05, 4.69) is 22.0 Å². The van der Waals surface area contributed by atoms with Crippen LogP contribution in [-0.4, -0.2) is 36.3 Å². The van der Waals surface area contributed by atoms with E-state index in [0.29, 0.717) is 34.7 Å². The van der Waals surface area contributed by atoms with Crippen molar-refractivity contribution in [1.82, 2.24) is 4.98 Å². The first-order valence-electron chi connectivity index (χ1n) is 11.1. The van der Waals surface area contributed by atoms with Gasteiger partial charge in [-0.25, -0.2) is 9.78 Å². The van der Waals surface area contributed by atoms with Crippen molar-refractivity contribution in [3.8, 4) is 0 Å². The third kappa shape index (κ3) is 5.97. The van der Waals surface area contributed by atoms with Crippen LogP contribution in [0.2, 0.25) is 10.0 Å². The molecule has 0 bridgehead atoms. The third-order valence-corrected chi connectivity index (χ3v) is 6.01. The minimum Gasteiger partial charge on any atom is -0.455 e. The molecule has 1 aromatic heterocycles. The molecule has 5 nitrogen and oxygen atoms in total. The molecular weight excluding hydrogens is 459 g/mol. The summed E-state index contributed by atoms with van der Waals surface area (Å²) in [5.74, 6) is -0.104. The number of ether oxygens (including phenoxy) is 2. The molecule has 174 valence electrons. The van der Waals surface area contributed by atoms with Gasteiger partial charge in [0.05, 0.1) is 29.4 Å². The number of halogens is 2. The summed E-state index contributed by atoms with van der Waals surface area (Å²) in [6.45, 7) is 8.35. The molecule has 7 heteroatoms. The fraction of sp³-hybridized carbons (Fsp3) is 0.385. The number of esters is 1. The van der Waals surface area contributed by atoms with Gasteiger partial charge in [-0.05, 0) is 51.0 Å². The highest BCUT2D eigenvalue weighted by molar-refractivity contribution is 6.38. The molecule has 4 rings (SSSR count). The molecule has 0 amide bonds. The summed E-state index contributed by atoms with van der Waals surface area (Å²) in [6.07, 6.45) is 0.969. The van der Waals surface area contributed by atoms with Crippen molar-refractivity contribution >= 4 is 45.8 Å². The molecule has 1 atom stereocenters. The van der Waals surface area contributed by atoms with E-state index in [1.807, 2.05) is 51.1 Å². The van der Waals surface area contributed by atoms with Gasteiger partial charge in [0.15, 0.2) is 5.69 Å². The number of rotatable bonds is 6. The molecule has 0 radical (unpaired) electrons. The molecule has 33 heavy (non-hydrogen) atoms. The summed E-state index contributed by atoms with van der Waals surface area (Å²) in [5.41, 5.74) is 2.07. The van der Waals surface area contributed by atoms with E-state index >= 15 is 0 Å². The van der Waals surface area contributed by atoms with Crippen molar-refractivity contribution in [3.05, 3.63) is 69.8 Å². The number of nitrogens with zero attached hydrogens (tertiary/aromatic N) is 2. The van der Waals surface area contributed by atoms with Crippen LogP contribution in [0.25, 0.3) is 10.9 Å². The van der Waals surface area contributed by atoms with Crippen LogP contribution in [0.1, 0.15) is 43.2 Å². The van der Waals surface area contributed by atoms with Gasteiger partial charge in [-0.15, -0.1) is 0 Å². The predicted molar refractivity (Wildman–Crippen MR) is 133 cm³/mol. The molecule has 2 heterocycles. The lowest BCUT2D eigenvalue weighted by molar-refractivity contribution is 0.00641. The summed E-state index contributed by atoms with van der Waals surface area (Å²) < 4.78 is 11.6. The average Bonchev–Trinajstić information content (AvgIpc) is 3.21. The van der Waals surface area contributed by atoms with E-state index in [9.17, 15) is 4.79 Å². The van der Waals surface area contributed by atoms with Gasteiger partial charge < -0.3 is 14.4 Å². The van der Waals surface area contributed by atoms with Crippen LogP contribution in [0.4, 0.5) is 5.69 Å². The second-order valence-corrected chi connectivity index (χ2v) is 10.3. The maximum absolute atomic E-state index is 13.1. The molecule has 0 spiro atoms. The number of hydrogen-bond donors (Lipinski definition) is 0. The predicted octanol–water partition coefficient (Wildman–Crippen LogP) is 6.54. The largest absolute Gasteiger partial charge is 0.455 e. The summed E-state index contributed by atoms with van der Waals surface area (Å²) in [7, 11) is 0. The van der Waals surface area contributed by atoms with Gasteiger partial charge in [0, 0.05) is 29.4 Å². The van der Waals surface area contributed by atoms with Crippen LogP contribution >= 0.6 is 23.2 Å². The highest BCUT2D eigenvalue weighted by Gasteiger charge is 2.30. The Morgan fingerprint density at radius 1 is 1.15 bits per heavy atom. The molecule has 0 aliphatic carbocycles. The standard InChI is InChI=1S/C26H28Cl2N2O3/c1-26(2,3)33-25(31)24-22(12-19-11-20(27)13-21(28)23(19)29-24)30-10-9-18(14-30)16-32-15-17-7-5-4-6-8-17/h4-8,11-13,18H,9-10,14-16H2,1-3H3/t18-/m0/s1. The van der Waals surface area contributed by atoms with E-state index in [1.165, 1.54) is 0 Å².